The fraction of sp³-hybridized carbons (Fsp3) is 0.333. The Morgan fingerprint density at radius 2 is 1.92 bits per heavy atom. The van der Waals surface area contributed by atoms with E-state index in [-0.39, 0.29) is 0 Å². The van der Waals surface area contributed by atoms with E-state index < -0.39 is 0 Å². The van der Waals surface area contributed by atoms with Crippen LogP contribution in [0, 0.1) is 0 Å². The summed E-state index contributed by atoms with van der Waals surface area (Å²) in [5, 5.41) is 4.56. The molecule has 1 aliphatic carbocycles. The largest absolute Gasteiger partial charge is 0.493 e. The molecule has 2 aromatic carbocycles. The van der Waals surface area contributed by atoms with Crippen LogP contribution >= 0.6 is 39.1 Å². The molecule has 128 valence electrons. The molecule has 1 N–H and O–H groups in total. The number of halogens is 3. The first-order chi connectivity index (χ1) is 11.6. The second-order valence-electron chi connectivity index (χ2n) is 5.79. The molecule has 0 aromatic heterocycles. The predicted octanol–water partition coefficient (Wildman–Crippen LogP) is 5.60. The fourth-order valence-corrected chi connectivity index (χ4v) is 3.10. The Kier molecular flexibility index (Phi) is 5.93. The minimum atomic E-state index is 0.388. The third kappa shape index (κ3) is 4.57. The standard InChI is InChI=1S/C18H18BrCl2NO2/c1-23-17-7-12(9-22-13-3-4-13)14(19)8-18(17)24-10-11-2-5-15(20)16(21)6-11/h2,5-8,13,22H,3-4,9-10H2,1H3. The van der Waals surface area contributed by atoms with Crippen LogP contribution in [0.2, 0.25) is 10.0 Å². The maximum atomic E-state index is 6.04. The summed E-state index contributed by atoms with van der Waals surface area (Å²) in [5.74, 6) is 1.40. The lowest BCUT2D eigenvalue weighted by molar-refractivity contribution is 0.284. The summed E-state index contributed by atoms with van der Waals surface area (Å²) in [6.45, 7) is 1.20. The molecule has 0 radical (unpaired) electrons. The zero-order valence-electron chi connectivity index (χ0n) is 13.2. The molecule has 0 amide bonds. The quantitative estimate of drug-likeness (QED) is 0.620. The first-order valence-corrected chi connectivity index (χ1v) is 9.28. The van der Waals surface area contributed by atoms with E-state index in [2.05, 4.69) is 21.2 Å². The van der Waals surface area contributed by atoms with Crippen LogP contribution in [0.15, 0.2) is 34.8 Å². The highest BCUT2D eigenvalue weighted by molar-refractivity contribution is 9.10. The lowest BCUT2D eigenvalue weighted by Crippen LogP contribution is -2.15. The Morgan fingerprint density at radius 1 is 1.12 bits per heavy atom. The topological polar surface area (TPSA) is 30.5 Å². The Bertz CT molecular complexity index is 735. The second kappa shape index (κ2) is 7.96. The molecule has 0 bridgehead atoms. The summed E-state index contributed by atoms with van der Waals surface area (Å²) in [7, 11) is 1.65. The van der Waals surface area contributed by atoms with Gasteiger partial charge in [0, 0.05) is 17.1 Å². The average Bonchev–Trinajstić information content (AvgIpc) is 3.39. The van der Waals surface area contributed by atoms with Crippen molar-refractivity contribution in [3.05, 3.63) is 56.0 Å². The molecule has 0 aliphatic heterocycles. The molecule has 6 heteroatoms. The van der Waals surface area contributed by atoms with Gasteiger partial charge in [0.25, 0.3) is 0 Å². The first-order valence-electron chi connectivity index (χ1n) is 7.73. The van der Waals surface area contributed by atoms with E-state index in [4.69, 9.17) is 32.7 Å². The van der Waals surface area contributed by atoms with Crippen molar-refractivity contribution in [1.82, 2.24) is 5.32 Å². The van der Waals surface area contributed by atoms with E-state index in [0.29, 0.717) is 34.2 Å². The maximum Gasteiger partial charge on any atom is 0.162 e. The lowest BCUT2D eigenvalue weighted by atomic mass is 10.2. The molecule has 1 fully saturated rings. The van der Waals surface area contributed by atoms with Crippen LogP contribution in [0.1, 0.15) is 24.0 Å². The number of methoxy groups -OCH3 is 1. The van der Waals surface area contributed by atoms with Gasteiger partial charge in [0.05, 0.1) is 17.2 Å². The van der Waals surface area contributed by atoms with E-state index in [1.807, 2.05) is 18.2 Å². The van der Waals surface area contributed by atoms with Gasteiger partial charge in [-0.25, -0.2) is 0 Å². The zero-order chi connectivity index (χ0) is 17.1. The number of hydrogen-bond donors (Lipinski definition) is 1. The van der Waals surface area contributed by atoms with Gasteiger partial charge in [0.2, 0.25) is 0 Å². The van der Waals surface area contributed by atoms with Gasteiger partial charge in [-0.15, -0.1) is 0 Å². The van der Waals surface area contributed by atoms with Crippen molar-refractivity contribution in [3.63, 3.8) is 0 Å². The van der Waals surface area contributed by atoms with E-state index in [9.17, 15) is 0 Å². The van der Waals surface area contributed by atoms with Gasteiger partial charge in [-0.3, -0.25) is 0 Å². The van der Waals surface area contributed by atoms with Crippen LogP contribution in [0.5, 0.6) is 11.5 Å². The van der Waals surface area contributed by atoms with Crippen molar-refractivity contribution < 1.29 is 9.47 Å². The molecule has 0 unspecified atom stereocenters. The highest BCUT2D eigenvalue weighted by atomic mass is 79.9. The summed E-state index contributed by atoms with van der Waals surface area (Å²) >= 11 is 15.6. The van der Waals surface area contributed by atoms with Crippen molar-refractivity contribution in [2.24, 2.45) is 0 Å². The van der Waals surface area contributed by atoms with Crippen molar-refractivity contribution in [2.45, 2.75) is 32.0 Å². The molecule has 0 spiro atoms. The van der Waals surface area contributed by atoms with Gasteiger partial charge < -0.3 is 14.8 Å². The SMILES string of the molecule is COc1cc(CNC2CC2)c(Br)cc1OCc1ccc(Cl)c(Cl)c1. The molecular weight excluding hydrogens is 413 g/mol. The molecule has 3 nitrogen and oxygen atoms in total. The highest BCUT2D eigenvalue weighted by Gasteiger charge is 2.21. The third-order valence-corrected chi connectivity index (χ3v) is 5.35. The second-order valence-corrected chi connectivity index (χ2v) is 7.46. The normalized spacial score (nSPS) is 13.8. The molecule has 3 rings (SSSR count). The van der Waals surface area contributed by atoms with E-state index in [1.54, 1.807) is 19.2 Å². The molecule has 0 saturated heterocycles. The smallest absolute Gasteiger partial charge is 0.162 e. The van der Waals surface area contributed by atoms with Crippen LogP contribution < -0.4 is 14.8 Å². The monoisotopic (exact) mass is 429 g/mol. The van der Waals surface area contributed by atoms with Gasteiger partial charge >= 0.3 is 0 Å². The first kappa shape index (κ1) is 17.9. The van der Waals surface area contributed by atoms with Crippen LogP contribution in [0.3, 0.4) is 0 Å². The Hall–Kier alpha value is -0.940. The van der Waals surface area contributed by atoms with Crippen LogP contribution in [-0.2, 0) is 13.2 Å². The molecule has 1 saturated carbocycles. The minimum Gasteiger partial charge on any atom is -0.493 e. The Labute approximate surface area is 160 Å². The minimum absolute atomic E-state index is 0.388. The van der Waals surface area contributed by atoms with E-state index in [0.717, 1.165) is 22.1 Å². The van der Waals surface area contributed by atoms with Crippen LogP contribution in [0.25, 0.3) is 0 Å². The molecule has 0 heterocycles. The van der Waals surface area contributed by atoms with Gasteiger partial charge in [-0.1, -0.05) is 45.2 Å². The van der Waals surface area contributed by atoms with Crippen LogP contribution in [-0.4, -0.2) is 13.2 Å². The van der Waals surface area contributed by atoms with Crippen LogP contribution in [0.4, 0.5) is 0 Å². The van der Waals surface area contributed by atoms with Crippen molar-refractivity contribution in [3.8, 4) is 11.5 Å². The summed E-state index contributed by atoms with van der Waals surface area (Å²) in [6, 6.07) is 10.1. The third-order valence-electron chi connectivity index (χ3n) is 3.87. The summed E-state index contributed by atoms with van der Waals surface area (Å²) in [5.41, 5.74) is 2.10. The number of ether oxygens (including phenoxy) is 2. The van der Waals surface area contributed by atoms with Gasteiger partial charge in [0.15, 0.2) is 11.5 Å². The number of hydrogen-bond acceptors (Lipinski definition) is 3. The number of nitrogens with one attached hydrogen (secondary N) is 1. The number of benzene rings is 2. The van der Waals surface area contributed by atoms with E-state index >= 15 is 0 Å². The van der Waals surface area contributed by atoms with Crippen molar-refractivity contribution in [2.75, 3.05) is 7.11 Å². The molecular formula is C18H18BrCl2NO2. The zero-order valence-corrected chi connectivity index (χ0v) is 16.3. The van der Waals surface area contributed by atoms with E-state index in [1.165, 1.54) is 12.8 Å². The summed E-state index contributed by atoms with van der Waals surface area (Å²) in [6.07, 6.45) is 2.53. The Morgan fingerprint density at radius 3 is 2.58 bits per heavy atom. The van der Waals surface area contributed by atoms with Crippen molar-refractivity contribution in [1.29, 1.82) is 0 Å². The average molecular weight is 431 g/mol. The van der Waals surface area contributed by atoms with Crippen molar-refractivity contribution >= 4 is 39.1 Å². The maximum absolute atomic E-state index is 6.04. The molecule has 24 heavy (non-hydrogen) atoms. The fourth-order valence-electron chi connectivity index (χ4n) is 2.32. The summed E-state index contributed by atoms with van der Waals surface area (Å²) < 4.78 is 12.4. The van der Waals surface area contributed by atoms with Gasteiger partial charge in [-0.2, -0.15) is 0 Å². The van der Waals surface area contributed by atoms with Gasteiger partial charge in [-0.05, 0) is 48.2 Å². The lowest BCUT2D eigenvalue weighted by Gasteiger charge is -2.14. The predicted molar refractivity (Wildman–Crippen MR) is 101 cm³/mol. The molecule has 1 aliphatic rings. The molecule has 0 atom stereocenters. The Balaban J connectivity index is 1.71. The highest BCUT2D eigenvalue weighted by Crippen LogP contribution is 2.35. The molecule has 2 aromatic rings. The summed E-state index contributed by atoms with van der Waals surface area (Å²) in [4.78, 5) is 0. The van der Waals surface area contributed by atoms with Gasteiger partial charge in [0.1, 0.15) is 6.61 Å². The number of rotatable bonds is 7.